The van der Waals surface area contributed by atoms with Crippen molar-refractivity contribution < 1.29 is 4.39 Å². The number of aromatic nitrogens is 1. The Morgan fingerprint density at radius 2 is 2.06 bits per heavy atom. The molecule has 0 fully saturated rings. The molecule has 0 atom stereocenters. The zero-order valence-electron chi connectivity index (χ0n) is 9.12. The monoisotopic (exact) mass is 218 g/mol. The highest BCUT2D eigenvalue weighted by Crippen LogP contribution is 2.15. The number of fused-ring (bicyclic) bond motifs is 1. The van der Waals surface area contributed by atoms with Crippen LogP contribution in [0.1, 0.15) is 12.0 Å². The van der Waals surface area contributed by atoms with Crippen molar-refractivity contribution in [2.45, 2.75) is 13.0 Å². The Hall–Kier alpha value is -1.48. The average molecular weight is 218 g/mol. The summed E-state index contributed by atoms with van der Waals surface area (Å²) in [4.78, 5) is 4.37. The molecule has 0 radical (unpaired) electrons. The molecule has 84 valence electrons. The summed E-state index contributed by atoms with van der Waals surface area (Å²) in [6.45, 7) is 1.19. The zero-order chi connectivity index (χ0) is 11.2. The molecule has 0 aliphatic heterocycles. The highest BCUT2D eigenvalue weighted by atomic mass is 19.1. The summed E-state index contributed by atoms with van der Waals surface area (Å²) in [5.74, 6) is 0. The van der Waals surface area contributed by atoms with Crippen molar-refractivity contribution in [2.75, 3.05) is 13.2 Å². The van der Waals surface area contributed by atoms with Gasteiger partial charge in [0.2, 0.25) is 0 Å². The second kappa shape index (κ2) is 5.56. The molecule has 0 aliphatic rings. The molecule has 0 unspecified atom stereocenters. The number of benzene rings is 1. The van der Waals surface area contributed by atoms with Gasteiger partial charge in [0.15, 0.2) is 0 Å². The van der Waals surface area contributed by atoms with Crippen LogP contribution in [0.2, 0.25) is 0 Å². The summed E-state index contributed by atoms with van der Waals surface area (Å²) < 4.78 is 11.9. The molecule has 1 aromatic carbocycles. The number of halogens is 1. The fourth-order valence-electron chi connectivity index (χ4n) is 1.72. The quantitative estimate of drug-likeness (QED) is 0.780. The van der Waals surface area contributed by atoms with E-state index < -0.39 is 0 Å². The van der Waals surface area contributed by atoms with E-state index in [1.807, 2.05) is 24.3 Å². The van der Waals surface area contributed by atoms with Gasteiger partial charge >= 0.3 is 0 Å². The summed E-state index contributed by atoms with van der Waals surface area (Å²) in [5.41, 5.74) is 2.19. The molecule has 0 bridgehead atoms. The van der Waals surface area contributed by atoms with Gasteiger partial charge in [0.1, 0.15) is 0 Å². The Bertz CT molecular complexity index is 451. The van der Waals surface area contributed by atoms with Crippen molar-refractivity contribution in [2.24, 2.45) is 0 Å². The van der Waals surface area contributed by atoms with Crippen LogP contribution in [0.3, 0.4) is 0 Å². The SMILES string of the molecule is FCCCNCc1cccc2cccnc12. The molecule has 0 aliphatic carbocycles. The molecule has 2 nitrogen and oxygen atoms in total. The van der Waals surface area contributed by atoms with Gasteiger partial charge in [-0.15, -0.1) is 0 Å². The van der Waals surface area contributed by atoms with Crippen LogP contribution in [-0.2, 0) is 6.54 Å². The lowest BCUT2D eigenvalue weighted by molar-refractivity contribution is 0.459. The second-order valence-corrected chi connectivity index (χ2v) is 3.71. The lowest BCUT2D eigenvalue weighted by Gasteiger charge is -2.06. The van der Waals surface area contributed by atoms with E-state index in [-0.39, 0.29) is 6.67 Å². The molecule has 1 aromatic heterocycles. The number of rotatable bonds is 5. The molecular weight excluding hydrogens is 203 g/mol. The van der Waals surface area contributed by atoms with Crippen molar-refractivity contribution in [3.8, 4) is 0 Å². The van der Waals surface area contributed by atoms with Crippen molar-refractivity contribution in [1.82, 2.24) is 10.3 Å². The molecule has 2 aromatic rings. The largest absolute Gasteiger partial charge is 0.312 e. The Balaban J connectivity index is 2.11. The van der Waals surface area contributed by atoms with E-state index in [0.717, 1.165) is 23.0 Å². The highest BCUT2D eigenvalue weighted by molar-refractivity contribution is 5.81. The van der Waals surface area contributed by atoms with Gasteiger partial charge in [0.05, 0.1) is 12.2 Å². The molecule has 1 N–H and O–H groups in total. The van der Waals surface area contributed by atoms with Crippen LogP contribution in [0.15, 0.2) is 36.5 Å². The summed E-state index contributed by atoms with van der Waals surface area (Å²) in [6.07, 6.45) is 2.37. The Labute approximate surface area is 94.5 Å². The van der Waals surface area contributed by atoms with Gasteiger partial charge in [-0.25, -0.2) is 0 Å². The van der Waals surface area contributed by atoms with E-state index in [1.54, 1.807) is 6.20 Å². The standard InChI is InChI=1S/C13H15FN2/c14-7-3-8-15-10-12-5-1-4-11-6-2-9-16-13(11)12/h1-2,4-6,9,15H,3,7-8,10H2. The number of alkyl halides is 1. The lowest BCUT2D eigenvalue weighted by Crippen LogP contribution is -2.15. The number of para-hydroxylation sites is 1. The van der Waals surface area contributed by atoms with Crippen LogP contribution < -0.4 is 5.32 Å². The Morgan fingerprint density at radius 3 is 2.94 bits per heavy atom. The van der Waals surface area contributed by atoms with Gasteiger partial charge in [-0.05, 0) is 24.6 Å². The van der Waals surface area contributed by atoms with Crippen LogP contribution in [0, 0.1) is 0 Å². The molecule has 2 rings (SSSR count). The van der Waals surface area contributed by atoms with E-state index in [1.165, 1.54) is 0 Å². The van der Waals surface area contributed by atoms with Gasteiger partial charge in [0.25, 0.3) is 0 Å². The number of hydrogen-bond donors (Lipinski definition) is 1. The minimum atomic E-state index is -0.263. The van der Waals surface area contributed by atoms with E-state index >= 15 is 0 Å². The third kappa shape index (κ3) is 2.55. The van der Waals surface area contributed by atoms with Crippen molar-refractivity contribution in [1.29, 1.82) is 0 Å². The highest BCUT2D eigenvalue weighted by Gasteiger charge is 2.00. The first kappa shape index (κ1) is 11.0. The van der Waals surface area contributed by atoms with Crippen molar-refractivity contribution in [3.63, 3.8) is 0 Å². The third-order valence-corrected chi connectivity index (χ3v) is 2.52. The molecular formula is C13H15FN2. The van der Waals surface area contributed by atoms with Gasteiger partial charge in [-0.1, -0.05) is 24.3 Å². The summed E-state index contributed by atoms with van der Waals surface area (Å²) in [7, 11) is 0. The Morgan fingerprint density at radius 1 is 1.19 bits per heavy atom. The number of nitrogens with one attached hydrogen (secondary N) is 1. The maximum absolute atomic E-state index is 11.9. The normalized spacial score (nSPS) is 10.8. The number of hydrogen-bond acceptors (Lipinski definition) is 2. The summed E-state index contributed by atoms with van der Waals surface area (Å²) in [6, 6.07) is 10.1. The second-order valence-electron chi connectivity index (χ2n) is 3.71. The molecule has 1 heterocycles. The first-order chi connectivity index (χ1) is 7.92. The van der Waals surface area contributed by atoms with E-state index in [0.29, 0.717) is 13.0 Å². The fraction of sp³-hybridized carbons (Fsp3) is 0.308. The van der Waals surface area contributed by atoms with E-state index in [4.69, 9.17) is 0 Å². The maximum Gasteiger partial charge on any atom is 0.0906 e. The smallest absolute Gasteiger partial charge is 0.0906 e. The van der Waals surface area contributed by atoms with Gasteiger partial charge in [0, 0.05) is 18.1 Å². The number of pyridine rings is 1. The minimum Gasteiger partial charge on any atom is -0.312 e. The predicted molar refractivity (Wildman–Crippen MR) is 64.0 cm³/mol. The topological polar surface area (TPSA) is 24.9 Å². The van der Waals surface area contributed by atoms with E-state index in [2.05, 4.69) is 16.4 Å². The average Bonchev–Trinajstić information content (AvgIpc) is 2.35. The third-order valence-electron chi connectivity index (χ3n) is 2.52. The molecule has 0 saturated carbocycles. The summed E-state index contributed by atoms with van der Waals surface area (Å²) >= 11 is 0. The van der Waals surface area contributed by atoms with E-state index in [9.17, 15) is 4.39 Å². The fourth-order valence-corrected chi connectivity index (χ4v) is 1.72. The van der Waals surface area contributed by atoms with Crippen molar-refractivity contribution in [3.05, 3.63) is 42.1 Å². The van der Waals surface area contributed by atoms with Gasteiger partial charge in [-0.3, -0.25) is 9.37 Å². The molecule has 0 amide bonds. The van der Waals surface area contributed by atoms with Crippen LogP contribution in [-0.4, -0.2) is 18.2 Å². The minimum absolute atomic E-state index is 0.263. The van der Waals surface area contributed by atoms with Crippen molar-refractivity contribution >= 4 is 10.9 Å². The van der Waals surface area contributed by atoms with Crippen LogP contribution in [0.4, 0.5) is 4.39 Å². The van der Waals surface area contributed by atoms with Crippen LogP contribution in [0.5, 0.6) is 0 Å². The Kier molecular flexibility index (Phi) is 3.83. The predicted octanol–water partition coefficient (Wildman–Crippen LogP) is 2.68. The number of nitrogens with zero attached hydrogens (tertiary/aromatic N) is 1. The van der Waals surface area contributed by atoms with Crippen LogP contribution >= 0.6 is 0 Å². The molecule has 16 heavy (non-hydrogen) atoms. The van der Waals surface area contributed by atoms with Gasteiger partial charge in [-0.2, -0.15) is 0 Å². The maximum atomic E-state index is 11.9. The van der Waals surface area contributed by atoms with Gasteiger partial charge < -0.3 is 5.32 Å². The lowest BCUT2D eigenvalue weighted by atomic mass is 10.1. The first-order valence-corrected chi connectivity index (χ1v) is 5.51. The first-order valence-electron chi connectivity index (χ1n) is 5.51. The zero-order valence-corrected chi connectivity index (χ0v) is 9.12. The summed E-state index contributed by atoms with van der Waals surface area (Å²) in [5, 5.41) is 4.36. The molecule has 0 spiro atoms. The van der Waals surface area contributed by atoms with Crippen LogP contribution in [0.25, 0.3) is 10.9 Å². The molecule has 3 heteroatoms. The molecule has 0 saturated heterocycles.